The molecular weight excluding hydrogens is 399 g/mol. The molecule has 0 saturated carbocycles. The van der Waals surface area contributed by atoms with Crippen molar-refractivity contribution in [2.45, 2.75) is 19.6 Å². The van der Waals surface area contributed by atoms with Crippen LogP contribution in [0.3, 0.4) is 0 Å². The van der Waals surface area contributed by atoms with Crippen molar-refractivity contribution in [3.63, 3.8) is 0 Å². The lowest BCUT2D eigenvalue weighted by Gasteiger charge is -2.27. The average molecular weight is 419 g/mol. The molecule has 0 spiro atoms. The van der Waals surface area contributed by atoms with Crippen molar-refractivity contribution in [3.8, 4) is 11.6 Å². The van der Waals surface area contributed by atoms with Gasteiger partial charge in [0, 0.05) is 16.0 Å². The Balaban J connectivity index is 1.95. The van der Waals surface area contributed by atoms with E-state index in [0.717, 1.165) is 10.9 Å². The summed E-state index contributed by atoms with van der Waals surface area (Å²) in [4.78, 5) is 4.65. The second-order valence-electron chi connectivity index (χ2n) is 6.24. The van der Waals surface area contributed by atoms with E-state index >= 15 is 0 Å². The number of aromatic nitrogens is 1. The lowest BCUT2D eigenvalue weighted by Crippen LogP contribution is -2.15. The highest BCUT2D eigenvalue weighted by Crippen LogP contribution is 2.63. The molecule has 2 aromatic carbocycles. The number of fused-ring (bicyclic) bond motifs is 3. The molecule has 0 radical (unpaired) electrons. The molecule has 2 heterocycles. The summed E-state index contributed by atoms with van der Waals surface area (Å²) in [6.45, 7) is 4.07. The van der Waals surface area contributed by atoms with Crippen LogP contribution in [0.1, 0.15) is 25.2 Å². The summed E-state index contributed by atoms with van der Waals surface area (Å²) in [6, 6.07) is 14.7. The molecule has 0 bridgehead atoms. The van der Waals surface area contributed by atoms with Gasteiger partial charge in [0.05, 0.1) is 24.4 Å². The largest absolute Gasteiger partial charge is 0.436 e. The first-order valence-electron chi connectivity index (χ1n) is 9.06. The van der Waals surface area contributed by atoms with Crippen molar-refractivity contribution in [1.29, 1.82) is 0 Å². The van der Waals surface area contributed by atoms with Crippen LogP contribution in [-0.2, 0) is 13.6 Å². The molecule has 1 N–H and O–H groups in total. The van der Waals surface area contributed by atoms with Crippen molar-refractivity contribution in [1.82, 2.24) is 4.98 Å². The number of ether oxygens (including phenoxy) is 1. The molecule has 146 valence electrons. The first-order chi connectivity index (χ1) is 13.5. The Bertz CT molecular complexity index is 1070. The minimum Gasteiger partial charge on any atom is -0.436 e. The third-order valence-corrected chi connectivity index (χ3v) is 6.90. The van der Waals surface area contributed by atoms with Gasteiger partial charge in [0.15, 0.2) is 11.5 Å². The van der Waals surface area contributed by atoms with Crippen LogP contribution in [0, 0.1) is 0 Å². The fourth-order valence-electron chi connectivity index (χ4n) is 3.22. The molecule has 4 rings (SSSR count). The maximum Gasteiger partial charge on any atom is 0.357 e. The molecular formula is C20H20ClN2O4P. The predicted molar refractivity (Wildman–Crippen MR) is 110 cm³/mol. The summed E-state index contributed by atoms with van der Waals surface area (Å²) in [5.41, 5.74) is 2.01. The van der Waals surface area contributed by atoms with Crippen molar-refractivity contribution in [2.24, 2.45) is 0 Å². The third kappa shape index (κ3) is 3.49. The Hall–Kier alpha value is -2.11. The molecule has 1 aromatic heterocycles. The number of rotatable bonds is 5. The normalized spacial score (nSPS) is 15.9. The number of para-hydroxylation sites is 2. The van der Waals surface area contributed by atoms with E-state index in [-0.39, 0.29) is 13.2 Å². The fraction of sp³-hybridized carbons (Fsp3) is 0.250. The summed E-state index contributed by atoms with van der Waals surface area (Å²) < 4.78 is 31.0. The van der Waals surface area contributed by atoms with Gasteiger partial charge in [-0.05, 0) is 50.2 Å². The predicted octanol–water partition coefficient (Wildman–Crippen LogP) is 6.37. The first-order valence-corrected chi connectivity index (χ1v) is 11.1. The Morgan fingerprint density at radius 1 is 1.14 bits per heavy atom. The van der Waals surface area contributed by atoms with Gasteiger partial charge in [-0.2, -0.15) is 0 Å². The molecule has 8 heteroatoms. The van der Waals surface area contributed by atoms with Gasteiger partial charge in [-0.15, -0.1) is 0 Å². The van der Waals surface area contributed by atoms with Crippen molar-refractivity contribution in [2.75, 3.05) is 18.5 Å². The Morgan fingerprint density at radius 2 is 1.89 bits per heavy atom. The summed E-state index contributed by atoms with van der Waals surface area (Å²) in [5, 5.41) is 4.70. The molecule has 0 amide bonds. The van der Waals surface area contributed by atoms with Crippen molar-refractivity contribution >= 4 is 35.8 Å². The van der Waals surface area contributed by atoms with Crippen molar-refractivity contribution in [3.05, 3.63) is 59.1 Å². The Morgan fingerprint density at radius 3 is 2.64 bits per heavy atom. The number of halogens is 1. The van der Waals surface area contributed by atoms with Crippen molar-refractivity contribution < 1.29 is 18.3 Å². The molecule has 1 aliphatic rings. The number of nitrogens with zero attached hydrogens (tertiary/aromatic N) is 1. The minimum atomic E-state index is -3.56. The Labute approximate surface area is 168 Å². The zero-order valence-corrected chi connectivity index (χ0v) is 17.2. The Kier molecular flexibility index (Phi) is 5.30. The highest BCUT2D eigenvalue weighted by molar-refractivity contribution is 7.54. The van der Waals surface area contributed by atoms with Crippen LogP contribution >= 0.6 is 19.2 Å². The van der Waals surface area contributed by atoms with Crippen LogP contribution in [-0.4, -0.2) is 18.2 Å². The maximum absolute atomic E-state index is 13.7. The lowest BCUT2D eigenvalue weighted by atomic mass is 10.1. The number of hydrogen-bond donors (Lipinski definition) is 1. The minimum absolute atomic E-state index is 0.250. The molecule has 28 heavy (non-hydrogen) atoms. The van der Waals surface area contributed by atoms with Gasteiger partial charge >= 0.3 is 7.60 Å². The first kappa shape index (κ1) is 19.2. The summed E-state index contributed by atoms with van der Waals surface area (Å²) >= 11 is 6.15. The second kappa shape index (κ2) is 7.72. The van der Waals surface area contributed by atoms with Crippen LogP contribution in [0.2, 0.25) is 5.02 Å². The molecule has 0 saturated heterocycles. The zero-order valence-electron chi connectivity index (χ0n) is 15.5. The van der Waals surface area contributed by atoms with Crippen LogP contribution in [0.4, 0.5) is 5.69 Å². The van der Waals surface area contributed by atoms with Gasteiger partial charge in [-0.25, -0.2) is 4.98 Å². The fourth-order valence-corrected chi connectivity index (χ4v) is 5.32. The standard InChI is InChI=1S/C20H20ClN2O4P/c1-3-25-28(24,26-4-2)20-15-12-13-11-14(21)9-10-16(13)22-19(15)27-18-8-6-5-7-17(18)23-20/h5-12,20,23H,3-4H2,1-2H3. The lowest BCUT2D eigenvalue weighted by molar-refractivity contribution is 0.214. The highest BCUT2D eigenvalue weighted by Gasteiger charge is 2.41. The van der Waals surface area contributed by atoms with Gasteiger partial charge < -0.3 is 19.1 Å². The SMILES string of the molecule is CCOP(=O)(OCC)C1Nc2ccccc2Oc2nc3ccc(Cl)cc3cc21. The van der Waals surface area contributed by atoms with Gasteiger partial charge in [0.25, 0.3) is 0 Å². The van der Waals surface area contributed by atoms with Crippen LogP contribution in [0.15, 0.2) is 48.5 Å². The smallest absolute Gasteiger partial charge is 0.357 e. The summed E-state index contributed by atoms with van der Waals surface area (Å²) in [7, 11) is -3.56. The molecule has 0 aliphatic carbocycles. The number of nitrogens with one attached hydrogen (secondary N) is 1. The van der Waals surface area contributed by atoms with E-state index in [1.807, 2.05) is 42.5 Å². The molecule has 3 aromatic rings. The van der Waals surface area contributed by atoms with E-state index in [0.29, 0.717) is 27.9 Å². The summed E-state index contributed by atoms with van der Waals surface area (Å²) in [5.74, 6) is 0.172. The topological polar surface area (TPSA) is 69.7 Å². The van der Waals surface area contributed by atoms with E-state index in [2.05, 4.69) is 10.3 Å². The maximum atomic E-state index is 13.7. The van der Waals surface area contributed by atoms with Crippen LogP contribution in [0.25, 0.3) is 10.9 Å². The van der Waals surface area contributed by atoms with E-state index in [1.165, 1.54) is 0 Å². The average Bonchev–Trinajstić information content (AvgIpc) is 2.83. The number of hydrogen-bond acceptors (Lipinski definition) is 6. The highest BCUT2D eigenvalue weighted by atomic mass is 35.5. The molecule has 1 unspecified atom stereocenters. The molecule has 0 fully saturated rings. The van der Waals surface area contributed by atoms with E-state index < -0.39 is 13.4 Å². The van der Waals surface area contributed by atoms with E-state index in [4.69, 9.17) is 25.4 Å². The number of benzene rings is 2. The number of pyridine rings is 1. The molecule has 6 nitrogen and oxygen atoms in total. The molecule has 1 aliphatic heterocycles. The van der Waals surface area contributed by atoms with Gasteiger partial charge in [0.2, 0.25) is 5.88 Å². The van der Waals surface area contributed by atoms with Crippen LogP contribution in [0.5, 0.6) is 11.6 Å². The van der Waals surface area contributed by atoms with E-state index in [1.54, 1.807) is 19.9 Å². The number of anilines is 1. The molecule has 1 atom stereocenters. The third-order valence-electron chi connectivity index (χ3n) is 4.38. The van der Waals surface area contributed by atoms with E-state index in [9.17, 15) is 4.57 Å². The summed E-state index contributed by atoms with van der Waals surface area (Å²) in [6.07, 6.45) is 0. The van der Waals surface area contributed by atoms with Gasteiger partial charge in [-0.3, -0.25) is 4.57 Å². The van der Waals surface area contributed by atoms with Crippen LogP contribution < -0.4 is 10.1 Å². The second-order valence-corrected chi connectivity index (χ2v) is 8.79. The quantitative estimate of drug-likeness (QED) is 0.485. The van der Waals surface area contributed by atoms with Gasteiger partial charge in [-0.1, -0.05) is 23.7 Å². The zero-order chi connectivity index (χ0) is 19.7. The monoisotopic (exact) mass is 418 g/mol. The van der Waals surface area contributed by atoms with Gasteiger partial charge in [0.1, 0.15) is 0 Å².